The summed E-state index contributed by atoms with van der Waals surface area (Å²) >= 11 is 0. The van der Waals surface area contributed by atoms with E-state index in [1.807, 2.05) is 0 Å². The van der Waals surface area contributed by atoms with Crippen molar-refractivity contribution < 1.29 is 14.6 Å². The largest absolute Gasteiger partial charge is 0.481 e. The Morgan fingerprint density at radius 1 is 1.24 bits per heavy atom. The van der Waals surface area contributed by atoms with Crippen molar-refractivity contribution in [3.8, 4) is 0 Å². The van der Waals surface area contributed by atoms with E-state index < -0.39 is 5.97 Å². The maximum Gasteiger partial charge on any atom is 0.306 e. The SMILES string of the molecule is CC(C)(C)C1CCCC(N2CCOC(CC(=O)O)C2)CC1. The first-order chi connectivity index (χ1) is 9.86. The molecule has 1 N–H and O–H groups in total. The maximum absolute atomic E-state index is 10.9. The number of aliphatic carboxylic acids is 1. The highest BCUT2D eigenvalue weighted by Crippen LogP contribution is 2.38. The maximum atomic E-state index is 10.9. The summed E-state index contributed by atoms with van der Waals surface area (Å²) in [6, 6.07) is 0.623. The average Bonchev–Trinajstić information content (AvgIpc) is 2.63. The quantitative estimate of drug-likeness (QED) is 0.813. The first-order valence-corrected chi connectivity index (χ1v) is 8.43. The average molecular weight is 297 g/mol. The zero-order valence-electron chi connectivity index (χ0n) is 13.8. The lowest BCUT2D eigenvalue weighted by atomic mass is 9.76. The first kappa shape index (κ1) is 16.8. The number of carboxylic acids is 1. The van der Waals surface area contributed by atoms with E-state index >= 15 is 0 Å². The molecule has 1 saturated carbocycles. The lowest BCUT2D eigenvalue weighted by Gasteiger charge is -2.38. The fourth-order valence-electron chi connectivity index (χ4n) is 3.91. The zero-order valence-corrected chi connectivity index (χ0v) is 13.8. The number of carboxylic acid groups (broad SMARTS) is 1. The third-order valence-electron chi connectivity index (χ3n) is 5.25. The second kappa shape index (κ2) is 7.10. The molecule has 1 saturated heterocycles. The zero-order chi connectivity index (χ0) is 15.5. The van der Waals surface area contributed by atoms with Crippen molar-refractivity contribution in [3.05, 3.63) is 0 Å². The van der Waals surface area contributed by atoms with Crippen molar-refractivity contribution in [1.29, 1.82) is 0 Å². The molecule has 1 aliphatic carbocycles. The van der Waals surface area contributed by atoms with E-state index in [0.29, 0.717) is 18.1 Å². The molecule has 4 heteroatoms. The third-order valence-corrected chi connectivity index (χ3v) is 5.25. The summed E-state index contributed by atoms with van der Waals surface area (Å²) in [4.78, 5) is 13.3. The van der Waals surface area contributed by atoms with Crippen LogP contribution in [0.25, 0.3) is 0 Å². The van der Waals surface area contributed by atoms with Gasteiger partial charge >= 0.3 is 5.97 Å². The van der Waals surface area contributed by atoms with Crippen molar-refractivity contribution in [2.45, 2.75) is 71.4 Å². The number of carbonyl (C=O) groups is 1. The Morgan fingerprint density at radius 3 is 2.67 bits per heavy atom. The number of nitrogens with zero attached hydrogens (tertiary/aromatic N) is 1. The highest BCUT2D eigenvalue weighted by Gasteiger charge is 2.32. The summed E-state index contributed by atoms with van der Waals surface area (Å²) in [5, 5.41) is 8.93. The van der Waals surface area contributed by atoms with E-state index in [2.05, 4.69) is 25.7 Å². The summed E-state index contributed by atoms with van der Waals surface area (Å²) in [6.45, 7) is 9.50. The van der Waals surface area contributed by atoms with Crippen LogP contribution in [0.1, 0.15) is 59.3 Å². The Kier molecular flexibility index (Phi) is 5.67. The van der Waals surface area contributed by atoms with E-state index in [-0.39, 0.29) is 12.5 Å². The van der Waals surface area contributed by atoms with Crippen LogP contribution in [0.3, 0.4) is 0 Å². The molecule has 0 spiro atoms. The lowest BCUT2D eigenvalue weighted by Crippen LogP contribution is -2.48. The normalized spacial score (nSPS) is 32.6. The number of morpholine rings is 1. The van der Waals surface area contributed by atoms with Gasteiger partial charge < -0.3 is 9.84 Å². The van der Waals surface area contributed by atoms with Gasteiger partial charge in [0.25, 0.3) is 0 Å². The van der Waals surface area contributed by atoms with Crippen molar-refractivity contribution in [2.75, 3.05) is 19.7 Å². The Hall–Kier alpha value is -0.610. The highest BCUT2D eigenvalue weighted by molar-refractivity contribution is 5.67. The molecule has 2 fully saturated rings. The molecule has 21 heavy (non-hydrogen) atoms. The van der Waals surface area contributed by atoms with Gasteiger partial charge in [-0.25, -0.2) is 0 Å². The molecule has 0 aromatic carbocycles. The summed E-state index contributed by atoms with van der Waals surface area (Å²) in [5.41, 5.74) is 0.408. The number of rotatable bonds is 3. The smallest absolute Gasteiger partial charge is 0.306 e. The molecule has 0 radical (unpaired) electrons. The number of ether oxygens (including phenoxy) is 1. The van der Waals surface area contributed by atoms with Gasteiger partial charge in [-0.2, -0.15) is 0 Å². The second-order valence-electron chi connectivity index (χ2n) is 7.81. The van der Waals surface area contributed by atoms with Gasteiger partial charge in [-0.1, -0.05) is 27.2 Å². The van der Waals surface area contributed by atoms with E-state index in [9.17, 15) is 4.79 Å². The topological polar surface area (TPSA) is 49.8 Å². The van der Waals surface area contributed by atoms with Gasteiger partial charge in [0.1, 0.15) is 0 Å². The fourth-order valence-corrected chi connectivity index (χ4v) is 3.91. The summed E-state index contributed by atoms with van der Waals surface area (Å²) < 4.78 is 5.59. The van der Waals surface area contributed by atoms with Gasteiger partial charge in [-0.15, -0.1) is 0 Å². The molecule has 0 aromatic rings. The standard InChI is InChI=1S/C17H31NO3/c1-17(2,3)13-5-4-6-14(8-7-13)18-9-10-21-15(12-18)11-16(19)20/h13-15H,4-12H2,1-3H3,(H,19,20). The third kappa shape index (κ3) is 4.96. The van der Waals surface area contributed by atoms with Gasteiger partial charge in [0.2, 0.25) is 0 Å². The summed E-state index contributed by atoms with van der Waals surface area (Å²) in [5.74, 6) is 0.0638. The molecule has 1 heterocycles. The molecule has 1 aliphatic heterocycles. The molecule has 3 atom stereocenters. The highest BCUT2D eigenvalue weighted by atomic mass is 16.5. The van der Waals surface area contributed by atoms with Gasteiger partial charge in [0.15, 0.2) is 0 Å². The van der Waals surface area contributed by atoms with Crippen LogP contribution in [-0.2, 0) is 9.53 Å². The minimum atomic E-state index is -0.754. The van der Waals surface area contributed by atoms with Crippen molar-refractivity contribution in [1.82, 2.24) is 4.90 Å². The van der Waals surface area contributed by atoms with Gasteiger partial charge in [-0.3, -0.25) is 9.69 Å². The van der Waals surface area contributed by atoms with Crippen LogP contribution in [0.15, 0.2) is 0 Å². The molecule has 122 valence electrons. The van der Waals surface area contributed by atoms with Crippen LogP contribution in [0.5, 0.6) is 0 Å². The minimum absolute atomic E-state index is 0.127. The molecule has 2 rings (SSSR count). The van der Waals surface area contributed by atoms with E-state index in [1.54, 1.807) is 0 Å². The molecule has 0 bridgehead atoms. The summed E-state index contributed by atoms with van der Waals surface area (Å²) in [6.07, 6.45) is 6.45. The predicted molar refractivity (Wildman–Crippen MR) is 83.4 cm³/mol. The van der Waals surface area contributed by atoms with Gasteiger partial charge in [-0.05, 0) is 37.0 Å². The molecule has 2 aliphatic rings. The van der Waals surface area contributed by atoms with Crippen LogP contribution in [0.4, 0.5) is 0 Å². The molecular formula is C17H31NO3. The van der Waals surface area contributed by atoms with E-state index in [4.69, 9.17) is 9.84 Å². The van der Waals surface area contributed by atoms with Crippen LogP contribution in [0, 0.1) is 11.3 Å². The monoisotopic (exact) mass is 297 g/mol. The van der Waals surface area contributed by atoms with Crippen molar-refractivity contribution in [2.24, 2.45) is 11.3 Å². The van der Waals surface area contributed by atoms with Crippen molar-refractivity contribution >= 4 is 5.97 Å². The Bertz CT molecular complexity index is 350. The molecule has 4 nitrogen and oxygen atoms in total. The Morgan fingerprint density at radius 2 is 2.00 bits per heavy atom. The second-order valence-corrected chi connectivity index (χ2v) is 7.81. The Balaban J connectivity index is 1.88. The lowest BCUT2D eigenvalue weighted by molar-refractivity contribution is -0.142. The molecular weight excluding hydrogens is 266 g/mol. The van der Waals surface area contributed by atoms with Crippen LogP contribution in [0.2, 0.25) is 0 Å². The molecule has 3 unspecified atom stereocenters. The number of hydrogen-bond donors (Lipinski definition) is 1. The summed E-state index contributed by atoms with van der Waals surface area (Å²) in [7, 11) is 0. The van der Waals surface area contributed by atoms with Crippen LogP contribution < -0.4 is 0 Å². The Labute approximate surface area is 128 Å². The fraction of sp³-hybridized carbons (Fsp3) is 0.941. The van der Waals surface area contributed by atoms with Gasteiger partial charge in [0, 0.05) is 19.1 Å². The van der Waals surface area contributed by atoms with E-state index in [1.165, 1.54) is 32.1 Å². The predicted octanol–water partition coefficient (Wildman–Crippen LogP) is 3.16. The van der Waals surface area contributed by atoms with Crippen LogP contribution in [-0.4, -0.2) is 47.8 Å². The van der Waals surface area contributed by atoms with E-state index in [0.717, 1.165) is 19.0 Å². The molecule has 0 amide bonds. The minimum Gasteiger partial charge on any atom is -0.481 e. The van der Waals surface area contributed by atoms with Gasteiger partial charge in [0.05, 0.1) is 19.1 Å². The van der Waals surface area contributed by atoms with Crippen molar-refractivity contribution in [3.63, 3.8) is 0 Å². The number of hydrogen-bond acceptors (Lipinski definition) is 3. The first-order valence-electron chi connectivity index (χ1n) is 8.43. The molecule has 0 aromatic heterocycles. The van der Waals surface area contributed by atoms with Crippen LogP contribution >= 0.6 is 0 Å².